The van der Waals surface area contributed by atoms with Crippen molar-refractivity contribution in [3.63, 3.8) is 0 Å². The van der Waals surface area contributed by atoms with Crippen LogP contribution in [0.15, 0.2) is 42.6 Å². The summed E-state index contributed by atoms with van der Waals surface area (Å²) in [7, 11) is 0. The van der Waals surface area contributed by atoms with Crippen molar-refractivity contribution in [2.75, 3.05) is 80.5 Å². The smallest absolute Gasteiger partial charge is 0.230 e. The van der Waals surface area contributed by atoms with Gasteiger partial charge in [0.1, 0.15) is 5.82 Å². The molecule has 3 saturated heterocycles. The van der Waals surface area contributed by atoms with Crippen LogP contribution < -0.4 is 14.7 Å². The molecule has 0 bridgehead atoms. The molecule has 41 heavy (non-hydrogen) atoms. The number of aliphatic hydroxyl groups is 1. The first kappa shape index (κ1) is 29.8. The number of carbonyl (C=O) groups excluding carboxylic acids is 1. The standard InChI is InChI=1S/C32H43ClN4O4/c33-28-20-26(4-3-16-40-19-15-38)21-30(22-28)37(32(39)27-9-17-41-18-10-27)24-25-7-13-35(14-8-25)29-5-6-31(34-23-29)36-11-1-2-12-36/h3-6,20-23,25,27,38H,1-2,7-19,24H2/b4-3+. The average molecular weight is 583 g/mol. The van der Waals surface area contributed by atoms with Gasteiger partial charge >= 0.3 is 0 Å². The maximum Gasteiger partial charge on any atom is 0.230 e. The minimum Gasteiger partial charge on any atom is -0.394 e. The van der Waals surface area contributed by atoms with Crippen LogP contribution in [0.3, 0.4) is 0 Å². The molecule has 9 heteroatoms. The molecule has 0 unspecified atom stereocenters. The Labute approximate surface area is 248 Å². The molecule has 0 aliphatic carbocycles. The normalized spacial score (nSPS) is 18.9. The molecule has 3 fully saturated rings. The molecular formula is C32H43ClN4O4. The zero-order chi connectivity index (χ0) is 28.4. The highest BCUT2D eigenvalue weighted by Crippen LogP contribution is 2.31. The van der Waals surface area contributed by atoms with Crippen molar-refractivity contribution in [1.29, 1.82) is 0 Å². The minimum atomic E-state index is -0.0334. The van der Waals surface area contributed by atoms with E-state index < -0.39 is 0 Å². The van der Waals surface area contributed by atoms with E-state index in [0.29, 0.717) is 43.9 Å². The fraction of sp³-hybridized carbons (Fsp3) is 0.562. The van der Waals surface area contributed by atoms with E-state index in [1.54, 1.807) is 0 Å². The van der Waals surface area contributed by atoms with Crippen LogP contribution in [0.2, 0.25) is 5.02 Å². The first-order valence-electron chi connectivity index (χ1n) is 15.1. The fourth-order valence-corrected chi connectivity index (χ4v) is 6.30. The van der Waals surface area contributed by atoms with Gasteiger partial charge in [0.2, 0.25) is 5.91 Å². The molecule has 222 valence electrons. The SMILES string of the molecule is O=C(C1CCOCC1)N(CC1CCN(c2ccc(N3CCCC3)nc2)CC1)c1cc(Cl)cc(/C=C/COCCO)c1. The first-order valence-corrected chi connectivity index (χ1v) is 15.5. The minimum absolute atomic E-state index is 0.000728. The molecule has 4 heterocycles. The van der Waals surface area contributed by atoms with E-state index in [2.05, 4.69) is 21.9 Å². The second-order valence-electron chi connectivity index (χ2n) is 11.3. The number of benzene rings is 1. The van der Waals surface area contributed by atoms with Crippen LogP contribution in [-0.4, -0.2) is 81.8 Å². The van der Waals surface area contributed by atoms with Crippen LogP contribution in [0.4, 0.5) is 17.2 Å². The number of pyridine rings is 1. The highest BCUT2D eigenvalue weighted by molar-refractivity contribution is 6.31. The first-order chi connectivity index (χ1) is 20.1. The molecule has 0 spiro atoms. The zero-order valence-electron chi connectivity index (χ0n) is 23.9. The third-order valence-electron chi connectivity index (χ3n) is 8.40. The van der Waals surface area contributed by atoms with E-state index in [-0.39, 0.29) is 18.4 Å². The van der Waals surface area contributed by atoms with E-state index in [1.807, 2.05) is 41.4 Å². The molecule has 1 amide bonds. The second kappa shape index (κ2) is 15.0. The van der Waals surface area contributed by atoms with Gasteiger partial charge in [-0.15, -0.1) is 0 Å². The van der Waals surface area contributed by atoms with Crippen molar-refractivity contribution < 1.29 is 19.4 Å². The zero-order valence-corrected chi connectivity index (χ0v) is 24.7. The van der Waals surface area contributed by atoms with Crippen LogP contribution >= 0.6 is 11.6 Å². The van der Waals surface area contributed by atoms with Crippen molar-refractivity contribution in [2.45, 2.75) is 38.5 Å². The lowest BCUT2D eigenvalue weighted by atomic mass is 9.93. The van der Waals surface area contributed by atoms with Crippen molar-refractivity contribution in [2.24, 2.45) is 11.8 Å². The summed E-state index contributed by atoms with van der Waals surface area (Å²) in [5, 5.41) is 9.51. The van der Waals surface area contributed by atoms with Gasteiger partial charge in [-0.05, 0) is 80.3 Å². The predicted octanol–water partition coefficient (Wildman–Crippen LogP) is 5.03. The molecule has 2 aromatic rings. The summed E-state index contributed by atoms with van der Waals surface area (Å²) in [6.07, 6.45) is 11.9. The number of hydrogen-bond acceptors (Lipinski definition) is 7. The van der Waals surface area contributed by atoms with Crippen molar-refractivity contribution in [3.8, 4) is 0 Å². The molecule has 0 saturated carbocycles. The summed E-state index contributed by atoms with van der Waals surface area (Å²) >= 11 is 6.56. The Balaban J connectivity index is 1.25. The third-order valence-corrected chi connectivity index (χ3v) is 8.61. The Morgan fingerprint density at radius 1 is 1.07 bits per heavy atom. The van der Waals surface area contributed by atoms with Gasteiger partial charge in [0.25, 0.3) is 0 Å². The summed E-state index contributed by atoms with van der Waals surface area (Å²) in [6.45, 7) is 6.75. The van der Waals surface area contributed by atoms with Crippen LogP contribution in [0, 0.1) is 11.8 Å². The van der Waals surface area contributed by atoms with E-state index in [4.69, 9.17) is 31.2 Å². The number of amides is 1. The van der Waals surface area contributed by atoms with Gasteiger partial charge in [-0.2, -0.15) is 0 Å². The Bertz CT molecular complexity index is 1140. The number of halogens is 1. The number of piperidine rings is 1. The Morgan fingerprint density at radius 2 is 1.85 bits per heavy atom. The summed E-state index contributed by atoms with van der Waals surface area (Å²) in [6, 6.07) is 10.2. The number of ether oxygens (including phenoxy) is 2. The number of carbonyl (C=O) groups is 1. The maximum atomic E-state index is 13.9. The third kappa shape index (κ3) is 8.22. The van der Waals surface area contributed by atoms with Gasteiger partial charge in [0.15, 0.2) is 0 Å². The lowest BCUT2D eigenvalue weighted by Gasteiger charge is -2.37. The van der Waals surface area contributed by atoms with Crippen molar-refractivity contribution in [1.82, 2.24) is 4.98 Å². The molecule has 0 atom stereocenters. The van der Waals surface area contributed by atoms with Crippen LogP contribution in [0.1, 0.15) is 44.1 Å². The van der Waals surface area contributed by atoms with Gasteiger partial charge in [-0.25, -0.2) is 4.98 Å². The van der Waals surface area contributed by atoms with Gasteiger partial charge in [0.05, 0.1) is 31.7 Å². The van der Waals surface area contributed by atoms with E-state index in [9.17, 15) is 4.79 Å². The van der Waals surface area contributed by atoms with Crippen LogP contribution in [0.25, 0.3) is 6.08 Å². The van der Waals surface area contributed by atoms with Gasteiger partial charge in [-0.1, -0.05) is 23.8 Å². The average Bonchev–Trinajstić information content (AvgIpc) is 3.55. The number of hydrogen-bond donors (Lipinski definition) is 1. The molecule has 3 aliphatic rings. The van der Waals surface area contributed by atoms with Gasteiger partial charge < -0.3 is 29.3 Å². The van der Waals surface area contributed by atoms with E-state index >= 15 is 0 Å². The Kier molecular flexibility index (Phi) is 10.9. The largest absolute Gasteiger partial charge is 0.394 e. The molecule has 1 aromatic heterocycles. The number of nitrogens with zero attached hydrogens (tertiary/aromatic N) is 4. The number of rotatable bonds is 11. The monoisotopic (exact) mass is 582 g/mol. The van der Waals surface area contributed by atoms with E-state index in [0.717, 1.165) is 68.9 Å². The summed E-state index contributed by atoms with van der Waals surface area (Å²) in [4.78, 5) is 25.4. The quantitative estimate of drug-likeness (QED) is 0.372. The molecule has 8 nitrogen and oxygen atoms in total. The van der Waals surface area contributed by atoms with E-state index in [1.165, 1.54) is 18.5 Å². The number of aliphatic hydroxyl groups excluding tert-OH is 1. The lowest BCUT2D eigenvalue weighted by molar-refractivity contribution is -0.125. The molecule has 0 radical (unpaired) electrons. The Hall–Kier alpha value is -2.65. The molecule has 1 N–H and O–H groups in total. The molecule has 1 aromatic carbocycles. The second-order valence-corrected chi connectivity index (χ2v) is 11.7. The molecule has 5 rings (SSSR count). The highest BCUT2D eigenvalue weighted by atomic mass is 35.5. The van der Waals surface area contributed by atoms with Crippen LogP contribution in [-0.2, 0) is 14.3 Å². The van der Waals surface area contributed by atoms with Crippen molar-refractivity contribution in [3.05, 3.63) is 53.2 Å². The summed E-state index contributed by atoms with van der Waals surface area (Å²) < 4.78 is 10.9. The Morgan fingerprint density at radius 3 is 2.56 bits per heavy atom. The lowest BCUT2D eigenvalue weighted by Crippen LogP contribution is -2.44. The summed E-state index contributed by atoms with van der Waals surface area (Å²) in [5.41, 5.74) is 2.94. The van der Waals surface area contributed by atoms with Gasteiger partial charge in [0, 0.05) is 62.6 Å². The maximum absolute atomic E-state index is 13.9. The topological polar surface area (TPSA) is 78.4 Å². The fourth-order valence-electron chi connectivity index (χ4n) is 6.07. The highest BCUT2D eigenvalue weighted by Gasteiger charge is 2.31. The number of anilines is 3. The van der Waals surface area contributed by atoms with Gasteiger partial charge in [-0.3, -0.25) is 4.79 Å². The molecule has 3 aliphatic heterocycles. The number of aromatic nitrogens is 1. The predicted molar refractivity (Wildman–Crippen MR) is 165 cm³/mol. The summed E-state index contributed by atoms with van der Waals surface area (Å²) in [5.74, 6) is 1.61. The molecular weight excluding hydrogens is 540 g/mol. The van der Waals surface area contributed by atoms with Crippen molar-refractivity contribution >= 4 is 40.8 Å². The van der Waals surface area contributed by atoms with Crippen LogP contribution in [0.5, 0.6) is 0 Å².